The number of alkyl halides is 1. The number of rotatable bonds is 9. The Morgan fingerprint density at radius 3 is 2.60 bits per heavy atom. The zero-order chi connectivity index (χ0) is 11.1. The van der Waals surface area contributed by atoms with Crippen molar-refractivity contribution >= 4 is 15.9 Å². The van der Waals surface area contributed by atoms with Crippen molar-refractivity contribution in [3.63, 3.8) is 0 Å². The van der Waals surface area contributed by atoms with Gasteiger partial charge in [0.25, 0.3) is 0 Å². The van der Waals surface area contributed by atoms with Crippen molar-refractivity contribution in [1.29, 1.82) is 0 Å². The summed E-state index contributed by atoms with van der Waals surface area (Å²) in [7, 11) is 1.79. The molecule has 1 unspecified atom stereocenters. The molecule has 0 aromatic rings. The number of methoxy groups -OCH3 is 1. The maximum atomic E-state index is 5.16. The van der Waals surface area contributed by atoms with Crippen LogP contribution < -0.4 is 0 Å². The number of hydrogen-bond acceptors (Lipinski definition) is 2. The molecular formula is C12H24BrNO. The van der Waals surface area contributed by atoms with Crippen molar-refractivity contribution in [2.24, 2.45) is 5.92 Å². The summed E-state index contributed by atoms with van der Waals surface area (Å²) >= 11 is 3.51. The molecule has 1 fully saturated rings. The molecule has 1 saturated carbocycles. The van der Waals surface area contributed by atoms with E-state index >= 15 is 0 Å². The average molecular weight is 278 g/mol. The van der Waals surface area contributed by atoms with E-state index in [0.29, 0.717) is 0 Å². The smallest absolute Gasteiger partial charge is 0.0589 e. The molecule has 3 heteroatoms. The maximum Gasteiger partial charge on any atom is 0.0589 e. The van der Waals surface area contributed by atoms with Gasteiger partial charge in [0.1, 0.15) is 0 Å². The molecule has 0 N–H and O–H groups in total. The number of halogens is 1. The van der Waals surface area contributed by atoms with Gasteiger partial charge in [0.05, 0.1) is 6.61 Å². The van der Waals surface area contributed by atoms with Gasteiger partial charge in [-0.05, 0) is 38.1 Å². The van der Waals surface area contributed by atoms with Crippen LogP contribution in [0.5, 0.6) is 0 Å². The number of ether oxygens (including phenoxy) is 1. The lowest BCUT2D eigenvalue weighted by Gasteiger charge is -2.23. The minimum Gasteiger partial charge on any atom is -0.383 e. The van der Waals surface area contributed by atoms with Crippen LogP contribution >= 0.6 is 15.9 Å². The van der Waals surface area contributed by atoms with Gasteiger partial charge in [-0.2, -0.15) is 0 Å². The third-order valence-electron chi connectivity index (χ3n) is 3.16. The quantitative estimate of drug-likeness (QED) is 0.601. The van der Waals surface area contributed by atoms with Crippen molar-refractivity contribution in [2.45, 2.75) is 38.6 Å². The predicted octanol–water partition coefficient (Wildman–Crippen LogP) is 2.91. The van der Waals surface area contributed by atoms with E-state index in [4.69, 9.17) is 4.74 Å². The Hall–Kier alpha value is 0.400. The van der Waals surface area contributed by atoms with E-state index in [2.05, 4.69) is 27.8 Å². The first kappa shape index (κ1) is 13.5. The molecule has 1 aliphatic carbocycles. The largest absolute Gasteiger partial charge is 0.383 e. The highest BCUT2D eigenvalue weighted by atomic mass is 79.9. The molecule has 1 rings (SSSR count). The van der Waals surface area contributed by atoms with Gasteiger partial charge in [-0.3, -0.25) is 4.90 Å². The van der Waals surface area contributed by atoms with Crippen molar-refractivity contribution in [2.75, 3.05) is 32.1 Å². The molecule has 2 nitrogen and oxygen atoms in total. The predicted molar refractivity (Wildman–Crippen MR) is 68.7 cm³/mol. The van der Waals surface area contributed by atoms with Crippen LogP contribution in [0.2, 0.25) is 0 Å². The zero-order valence-electron chi connectivity index (χ0n) is 10.0. The fourth-order valence-electron chi connectivity index (χ4n) is 1.84. The lowest BCUT2D eigenvalue weighted by molar-refractivity contribution is 0.139. The molecule has 1 atom stereocenters. The maximum absolute atomic E-state index is 5.16. The normalized spacial score (nSPS) is 18.4. The summed E-state index contributed by atoms with van der Waals surface area (Å²) in [4.78, 5) is 2.61. The van der Waals surface area contributed by atoms with E-state index in [1.54, 1.807) is 7.11 Å². The fraction of sp³-hybridized carbons (Fsp3) is 1.00. The Morgan fingerprint density at radius 2 is 2.07 bits per heavy atom. The zero-order valence-corrected chi connectivity index (χ0v) is 11.6. The Labute approximate surface area is 102 Å². The monoisotopic (exact) mass is 277 g/mol. The van der Waals surface area contributed by atoms with Crippen molar-refractivity contribution < 1.29 is 4.74 Å². The molecule has 0 spiro atoms. The molecular weight excluding hydrogens is 254 g/mol. The SMILES string of the molecule is COCCN(CCC(C)CCBr)C1CC1. The van der Waals surface area contributed by atoms with E-state index in [-0.39, 0.29) is 0 Å². The Kier molecular flexibility index (Phi) is 6.86. The van der Waals surface area contributed by atoms with Gasteiger partial charge < -0.3 is 4.74 Å². The van der Waals surface area contributed by atoms with Gasteiger partial charge in [-0.1, -0.05) is 22.9 Å². The number of nitrogens with zero attached hydrogens (tertiary/aromatic N) is 1. The highest BCUT2D eigenvalue weighted by Crippen LogP contribution is 2.27. The van der Waals surface area contributed by atoms with Crippen LogP contribution in [-0.2, 0) is 4.74 Å². The molecule has 0 heterocycles. The second kappa shape index (κ2) is 7.64. The minimum absolute atomic E-state index is 0.841. The molecule has 1 aliphatic rings. The summed E-state index contributed by atoms with van der Waals surface area (Å²) in [6.45, 7) is 5.59. The van der Waals surface area contributed by atoms with E-state index in [1.165, 1.54) is 32.2 Å². The molecule has 0 aromatic carbocycles. The Balaban J connectivity index is 2.13. The van der Waals surface area contributed by atoms with E-state index < -0.39 is 0 Å². The van der Waals surface area contributed by atoms with Gasteiger partial charge in [-0.15, -0.1) is 0 Å². The highest BCUT2D eigenvalue weighted by Gasteiger charge is 2.28. The van der Waals surface area contributed by atoms with Crippen molar-refractivity contribution in [1.82, 2.24) is 4.90 Å². The third kappa shape index (κ3) is 5.88. The molecule has 0 bridgehead atoms. The summed E-state index contributed by atoms with van der Waals surface area (Å²) in [5.41, 5.74) is 0. The lowest BCUT2D eigenvalue weighted by atomic mass is 10.1. The first-order valence-corrected chi connectivity index (χ1v) is 7.19. The fourth-order valence-corrected chi connectivity index (χ4v) is 2.62. The number of hydrogen-bond donors (Lipinski definition) is 0. The van der Waals surface area contributed by atoms with Crippen LogP contribution in [0.15, 0.2) is 0 Å². The van der Waals surface area contributed by atoms with Crippen LogP contribution in [0, 0.1) is 5.92 Å². The summed E-state index contributed by atoms with van der Waals surface area (Å²) < 4.78 is 5.16. The Bertz CT molecular complexity index is 162. The molecule has 0 saturated heterocycles. The van der Waals surface area contributed by atoms with Crippen LogP contribution in [0.4, 0.5) is 0 Å². The van der Waals surface area contributed by atoms with Gasteiger partial charge in [0.15, 0.2) is 0 Å². The van der Waals surface area contributed by atoms with Crippen LogP contribution in [0.3, 0.4) is 0 Å². The van der Waals surface area contributed by atoms with Crippen LogP contribution in [-0.4, -0.2) is 43.1 Å². The molecule has 90 valence electrons. The second-order valence-electron chi connectivity index (χ2n) is 4.63. The van der Waals surface area contributed by atoms with Crippen LogP contribution in [0.1, 0.15) is 32.6 Å². The van der Waals surface area contributed by atoms with E-state index in [0.717, 1.165) is 30.4 Å². The second-order valence-corrected chi connectivity index (χ2v) is 5.42. The molecule has 0 amide bonds. The summed E-state index contributed by atoms with van der Waals surface area (Å²) in [6, 6.07) is 0.872. The van der Waals surface area contributed by atoms with E-state index in [9.17, 15) is 0 Å². The standard InChI is InChI=1S/C12H24BrNO/c1-11(5-7-13)6-8-14(9-10-15-2)12-3-4-12/h11-12H,3-10H2,1-2H3. The van der Waals surface area contributed by atoms with Gasteiger partial charge >= 0.3 is 0 Å². The molecule has 15 heavy (non-hydrogen) atoms. The first-order chi connectivity index (χ1) is 7.27. The minimum atomic E-state index is 0.841. The van der Waals surface area contributed by atoms with Gasteiger partial charge in [0.2, 0.25) is 0 Å². The summed E-state index contributed by atoms with van der Waals surface area (Å²) in [6.07, 6.45) is 5.42. The van der Waals surface area contributed by atoms with E-state index in [1.807, 2.05) is 0 Å². The van der Waals surface area contributed by atoms with Gasteiger partial charge in [-0.25, -0.2) is 0 Å². The molecule has 0 aliphatic heterocycles. The van der Waals surface area contributed by atoms with Crippen molar-refractivity contribution in [3.8, 4) is 0 Å². The third-order valence-corrected chi connectivity index (χ3v) is 3.61. The Morgan fingerprint density at radius 1 is 1.33 bits per heavy atom. The van der Waals surface area contributed by atoms with Gasteiger partial charge in [0, 0.05) is 25.0 Å². The summed E-state index contributed by atoms with van der Waals surface area (Å²) in [5, 5.41) is 1.13. The van der Waals surface area contributed by atoms with Crippen LogP contribution in [0.25, 0.3) is 0 Å². The highest BCUT2D eigenvalue weighted by molar-refractivity contribution is 9.09. The topological polar surface area (TPSA) is 12.5 Å². The molecule has 0 aromatic heterocycles. The average Bonchev–Trinajstić information content (AvgIpc) is 3.02. The lowest BCUT2D eigenvalue weighted by Crippen LogP contribution is -2.31. The molecule has 0 radical (unpaired) electrons. The van der Waals surface area contributed by atoms with Crippen molar-refractivity contribution in [3.05, 3.63) is 0 Å². The summed E-state index contributed by atoms with van der Waals surface area (Å²) in [5.74, 6) is 0.841. The first-order valence-electron chi connectivity index (χ1n) is 6.07.